The summed E-state index contributed by atoms with van der Waals surface area (Å²) in [4.78, 5) is 13.5. The number of aliphatic hydroxyl groups is 1. The topological polar surface area (TPSA) is 114 Å². The molecule has 0 radical (unpaired) electrons. The van der Waals surface area contributed by atoms with E-state index in [9.17, 15) is 9.50 Å². The summed E-state index contributed by atoms with van der Waals surface area (Å²) in [5.41, 5.74) is 8.36. The number of nitrogens with one attached hydrogen (secondary N) is 2. The number of nitrogens with zero attached hydrogens (tertiary/aromatic N) is 4. The maximum Gasteiger partial charge on any atom is 0.227 e. The predicted octanol–water partition coefficient (Wildman–Crippen LogP) is 2.92. The van der Waals surface area contributed by atoms with Crippen LogP contribution in [0.5, 0.6) is 0 Å². The number of imidazole rings is 1. The molecule has 1 atom stereocenters. The summed E-state index contributed by atoms with van der Waals surface area (Å²) in [5.74, 6) is 0.563. The van der Waals surface area contributed by atoms with Crippen LogP contribution < -0.4 is 16.4 Å². The molecular formula is C19H26FN7O. The van der Waals surface area contributed by atoms with E-state index in [1.54, 1.807) is 6.33 Å². The SMILES string of the molecule is CCC(CO)Nc1nc(NCc2cc(F)ccc2N)c2ncn(C(C)C)c2n1. The summed E-state index contributed by atoms with van der Waals surface area (Å²) < 4.78 is 15.5. The number of rotatable bonds is 8. The minimum absolute atomic E-state index is 0.0239. The molecule has 5 N–H and O–H groups in total. The third kappa shape index (κ3) is 4.14. The monoisotopic (exact) mass is 387 g/mol. The number of hydrogen-bond donors (Lipinski definition) is 4. The van der Waals surface area contributed by atoms with E-state index in [0.29, 0.717) is 40.7 Å². The molecule has 0 aliphatic heterocycles. The minimum Gasteiger partial charge on any atom is -0.398 e. The highest BCUT2D eigenvalue weighted by Gasteiger charge is 2.16. The van der Waals surface area contributed by atoms with Gasteiger partial charge in [-0.3, -0.25) is 0 Å². The lowest BCUT2D eigenvalue weighted by Crippen LogP contribution is -2.24. The van der Waals surface area contributed by atoms with Gasteiger partial charge in [-0.2, -0.15) is 9.97 Å². The maximum absolute atomic E-state index is 13.5. The number of nitrogens with two attached hydrogens (primary N) is 1. The highest BCUT2D eigenvalue weighted by atomic mass is 19.1. The molecule has 28 heavy (non-hydrogen) atoms. The first-order valence-corrected chi connectivity index (χ1v) is 9.32. The van der Waals surface area contributed by atoms with Crippen LogP contribution in [-0.2, 0) is 6.54 Å². The van der Waals surface area contributed by atoms with Gasteiger partial charge in [-0.25, -0.2) is 9.37 Å². The van der Waals surface area contributed by atoms with Gasteiger partial charge in [0.15, 0.2) is 17.0 Å². The fourth-order valence-electron chi connectivity index (χ4n) is 2.85. The van der Waals surface area contributed by atoms with Crippen molar-refractivity contribution >= 4 is 28.6 Å². The van der Waals surface area contributed by atoms with Crippen LogP contribution in [0.4, 0.5) is 21.8 Å². The summed E-state index contributed by atoms with van der Waals surface area (Å²) in [6.45, 7) is 6.32. The lowest BCUT2D eigenvalue weighted by molar-refractivity contribution is 0.271. The van der Waals surface area contributed by atoms with E-state index in [4.69, 9.17) is 5.73 Å². The minimum atomic E-state index is -0.348. The average molecular weight is 387 g/mol. The Morgan fingerprint density at radius 3 is 2.75 bits per heavy atom. The van der Waals surface area contributed by atoms with E-state index in [0.717, 1.165) is 6.42 Å². The zero-order chi connectivity index (χ0) is 20.3. The molecule has 0 spiro atoms. The van der Waals surface area contributed by atoms with E-state index in [2.05, 4.69) is 25.6 Å². The molecule has 0 amide bonds. The van der Waals surface area contributed by atoms with Gasteiger partial charge in [-0.05, 0) is 44.0 Å². The van der Waals surface area contributed by atoms with Gasteiger partial charge in [0.25, 0.3) is 0 Å². The molecule has 3 rings (SSSR count). The molecule has 8 nitrogen and oxygen atoms in total. The first-order valence-electron chi connectivity index (χ1n) is 9.32. The van der Waals surface area contributed by atoms with E-state index < -0.39 is 0 Å². The van der Waals surface area contributed by atoms with Crippen molar-refractivity contribution in [3.63, 3.8) is 0 Å². The summed E-state index contributed by atoms with van der Waals surface area (Å²) in [7, 11) is 0. The standard InChI is InChI=1S/C19H26FN7O/c1-4-14(9-28)24-19-25-17(16-18(26-19)27(10-23-16)11(2)3)22-8-12-7-13(20)5-6-15(12)21/h5-7,10-11,14,28H,4,8-9,21H2,1-3H3,(H2,22,24,25,26). The van der Waals surface area contributed by atoms with Crippen molar-refractivity contribution in [1.82, 2.24) is 19.5 Å². The number of fused-ring (bicyclic) bond motifs is 1. The van der Waals surface area contributed by atoms with Crippen molar-refractivity contribution in [2.75, 3.05) is 23.0 Å². The van der Waals surface area contributed by atoms with Crippen LogP contribution in [0.15, 0.2) is 24.5 Å². The first kappa shape index (κ1) is 19.8. The lowest BCUT2D eigenvalue weighted by Gasteiger charge is -2.16. The van der Waals surface area contributed by atoms with Crippen molar-refractivity contribution < 1.29 is 9.50 Å². The van der Waals surface area contributed by atoms with E-state index >= 15 is 0 Å². The van der Waals surface area contributed by atoms with Crippen LogP contribution in [-0.4, -0.2) is 37.3 Å². The summed E-state index contributed by atoms with van der Waals surface area (Å²) in [5, 5.41) is 15.8. The molecule has 0 aliphatic rings. The first-order chi connectivity index (χ1) is 13.4. The number of benzene rings is 1. The number of aliphatic hydroxyl groups excluding tert-OH is 1. The Balaban J connectivity index is 1.98. The normalized spacial score (nSPS) is 12.5. The number of nitrogen functional groups attached to an aromatic ring is 1. The van der Waals surface area contributed by atoms with Crippen molar-refractivity contribution in [2.24, 2.45) is 0 Å². The van der Waals surface area contributed by atoms with Crippen molar-refractivity contribution in [3.8, 4) is 0 Å². The van der Waals surface area contributed by atoms with Gasteiger partial charge in [0.05, 0.1) is 19.0 Å². The van der Waals surface area contributed by atoms with Crippen LogP contribution in [0.25, 0.3) is 11.2 Å². The molecule has 0 aliphatic carbocycles. The van der Waals surface area contributed by atoms with Crippen LogP contribution in [0, 0.1) is 5.82 Å². The molecule has 1 unspecified atom stereocenters. The highest BCUT2D eigenvalue weighted by molar-refractivity contribution is 5.84. The van der Waals surface area contributed by atoms with Crippen LogP contribution >= 0.6 is 0 Å². The van der Waals surface area contributed by atoms with Gasteiger partial charge in [0.1, 0.15) is 5.82 Å². The molecule has 2 aromatic heterocycles. The van der Waals surface area contributed by atoms with Crippen molar-refractivity contribution in [2.45, 2.75) is 45.8 Å². The van der Waals surface area contributed by atoms with Gasteiger partial charge in [0, 0.05) is 18.3 Å². The third-order valence-electron chi connectivity index (χ3n) is 4.58. The zero-order valence-corrected chi connectivity index (χ0v) is 16.3. The molecule has 0 bridgehead atoms. The second kappa shape index (κ2) is 8.39. The Hall–Kier alpha value is -2.94. The molecule has 0 saturated heterocycles. The fourth-order valence-corrected chi connectivity index (χ4v) is 2.85. The largest absolute Gasteiger partial charge is 0.398 e. The smallest absolute Gasteiger partial charge is 0.227 e. The van der Waals surface area contributed by atoms with Gasteiger partial charge in [-0.15, -0.1) is 0 Å². The number of anilines is 3. The summed E-state index contributed by atoms with van der Waals surface area (Å²) in [6.07, 6.45) is 2.45. The molecule has 0 fully saturated rings. The highest BCUT2D eigenvalue weighted by Crippen LogP contribution is 2.25. The molecule has 9 heteroatoms. The van der Waals surface area contributed by atoms with E-state index in [1.165, 1.54) is 18.2 Å². The van der Waals surface area contributed by atoms with E-state index in [1.807, 2.05) is 25.3 Å². The summed E-state index contributed by atoms with van der Waals surface area (Å²) >= 11 is 0. The van der Waals surface area contributed by atoms with Crippen LogP contribution in [0.1, 0.15) is 38.8 Å². The molecule has 0 saturated carbocycles. The Morgan fingerprint density at radius 2 is 2.07 bits per heavy atom. The Kier molecular flexibility index (Phi) is 5.93. The number of hydrogen-bond acceptors (Lipinski definition) is 7. The molecule has 3 aromatic rings. The van der Waals surface area contributed by atoms with E-state index in [-0.39, 0.29) is 24.5 Å². The van der Waals surface area contributed by atoms with Gasteiger partial charge >= 0.3 is 0 Å². The second-order valence-electron chi connectivity index (χ2n) is 6.94. The average Bonchev–Trinajstić information content (AvgIpc) is 3.11. The van der Waals surface area contributed by atoms with Gasteiger partial charge in [-0.1, -0.05) is 6.92 Å². The van der Waals surface area contributed by atoms with Crippen LogP contribution in [0.3, 0.4) is 0 Å². The van der Waals surface area contributed by atoms with Crippen molar-refractivity contribution in [3.05, 3.63) is 35.9 Å². The molecule has 150 valence electrons. The zero-order valence-electron chi connectivity index (χ0n) is 16.3. The van der Waals surface area contributed by atoms with Gasteiger partial charge in [0.2, 0.25) is 5.95 Å². The molecule has 1 aromatic carbocycles. The number of aromatic nitrogens is 4. The van der Waals surface area contributed by atoms with Crippen LogP contribution in [0.2, 0.25) is 0 Å². The second-order valence-corrected chi connectivity index (χ2v) is 6.94. The summed E-state index contributed by atoms with van der Waals surface area (Å²) in [6, 6.07) is 4.27. The number of halogens is 1. The Labute approximate surface area is 163 Å². The maximum atomic E-state index is 13.5. The Morgan fingerprint density at radius 1 is 1.29 bits per heavy atom. The Bertz CT molecular complexity index is 953. The lowest BCUT2D eigenvalue weighted by atomic mass is 10.2. The fraction of sp³-hybridized carbons (Fsp3) is 0.421. The molecule has 2 heterocycles. The van der Waals surface area contributed by atoms with Crippen molar-refractivity contribution in [1.29, 1.82) is 0 Å². The van der Waals surface area contributed by atoms with Gasteiger partial charge < -0.3 is 26.0 Å². The predicted molar refractivity (Wildman–Crippen MR) is 109 cm³/mol. The third-order valence-corrected chi connectivity index (χ3v) is 4.58. The quantitative estimate of drug-likeness (QED) is 0.439. The molecular weight excluding hydrogens is 361 g/mol.